The van der Waals surface area contributed by atoms with Gasteiger partial charge in [0.25, 0.3) is 0 Å². The number of piperidine rings is 1. The lowest BCUT2D eigenvalue weighted by Crippen LogP contribution is -2.72. The van der Waals surface area contributed by atoms with E-state index in [2.05, 4.69) is 25.3 Å². The summed E-state index contributed by atoms with van der Waals surface area (Å²) in [7, 11) is 0. The highest BCUT2D eigenvalue weighted by Gasteiger charge is 2.72. The van der Waals surface area contributed by atoms with Crippen molar-refractivity contribution in [3.63, 3.8) is 0 Å². The summed E-state index contributed by atoms with van der Waals surface area (Å²) >= 11 is 0. The summed E-state index contributed by atoms with van der Waals surface area (Å²) in [5.41, 5.74) is 0.509. The molecule has 26 heavy (non-hydrogen) atoms. The largest absolute Gasteiger partial charge is 0.302 e. The van der Waals surface area contributed by atoms with E-state index in [1.54, 1.807) is 0 Å². The van der Waals surface area contributed by atoms with Gasteiger partial charge in [0, 0.05) is 19.5 Å². The van der Waals surface area contributed by atoms with Crippen LogP contribution in [-0.4, -0.2) is 36.1 Å². The molecule has 0 N–H and O–H groups in total. The molecule has 0 aromatic rings. The number of nitrogens with zero attached hydrogens (tertiary/aromatic N) is 1. The first-order chi connectivity index (χ1) is 12.4. The van der Waals surface area contributed by atoms with Gasteiger partial charge < -0.3 is 4.90 Å². The lowest BCUT2D eigenvalue weighted by Gasteiger charge is -2.70. The van der Waals surface area contributed by atoms with Crippen molar-refractivity contribution in [3.8, 4) is 0 Å². The van der Waals surface area contributed by atoms with Crippen molar-refractivity contribution in [1.29, 1.82) is 0 Å². The van der Waals surface area contributed by atoms with Gasteiger partial charge in [-0.25, -0.2) is 0 Å². The van der Waals surface area contributed by atoms with Crippen LogP contribution in [0.25, 0.3) is 0 Å². The smallest absolute Gasteiger partial charge is 0.172 e. The van der Waals surface area contributed by atoms with E-state index in [0.717, 1.165) is 44.5 Å². The zero-order valence-corrected chi connectivity index (χ0v) is 16.5. The zero-order valence-electron chi connectivity index (χ0n) is 16.5. The Kier molecular flexibility index (Phi) is 3.50. The Balaban J connectivity index is 1.65. The van der Waals surface area contributed by atoms with Crippen molar-refractivity contribution < 1.29 is 9.59 Å². The van der Waals surface area contributed by atoms with E-state index in [1.165, 1.54) is 25.7 Å². The maximum atomic E-state index is 13.5. The van der Waals surface area contributed by atoms with E-state index < -0.39 is 5.41 Å². The van der Waals surface area contributed by atoms with E-state index in [0.29, 0.717) is 18.3 Å². The third-order valence-electron chi connectivity index (χ3n) is 9.34. The van der Waals surface area contributed by atoms with E-state index in [-0.39, 0.29) is 28.3 Å². The highest BCUT2D eigenvalue weighted by atomic mass is 16.2. The molecule has 4 bridgehead atoms. The topological polar surface area (TPSA) is 37.4 Å². The minimum absolute atomic E-state index is 0.141. The van der Waals surface area contributed by atoms with E-state index in [1.807, 2.05) is 0 Å². The highest BCUT2D eigenvalue weighted by molar-refractivity contribution is 6.16. The molecule has 0 aromatic carbocycles. The molecule has 6 rings (SSSR count). The molecule has 6 aliphatic rings. The Morgan fingerprint density at radius 1 is 1.15 bits per heavy atom. The van der Waals surface area contributed by atoms with Crippen LogP contribution in [0.2, 0.25) is 0 Å². The number of fused-ring (bicyclic) bond motifs is 2. The van der Waals surface area contributed by atoms with Crippen LogP contribution >= 0.6 is 0 Å². The van der Waals surface area contributed by atoms with Crippen molar-refractivity contribution in [2.75, 3.05) is 19.6 Å². The average molecular weight is 356 g/mol. The molecular formula is C23H33NO2. The molecule has 1 spiro atoms. The Morgan fingerprint density at radius 3 is 2.73 bits per heavy atom. The highest BCUT2D eigenvalue weighted by Crippen LogP contribution is 2.71. The molecule has 2 unspecified atom stereocenters. The molecule has 6 atom stereocenters. The van der Waals surface area contributed by atoms with Crippen molar-refractivity contribution >= 4 is 11.6 Å². The fourth-order valence-corrected chi connectivity index (χ4v) is 8.47. The third kappa shape index (κ3) is 1.84. The van der Waals surface area contributed by atoms with Crippen LogP contribution in [-0.2, 0) is 9.59 Å². The van der Waals surface area contributed by atoms with E-state index in [9.17, 15) is 9.59 Å². The molecule has 3 heteroatoms. The molecule has 0 aromatic heterocycles. The van der Waals surface area contributed by atoms with Gasteiger partial charge in [-0.05, 0) is 79.2 Å². The molecule has 1 saturated heterocycles. The Bertz CT molecular complexity index is 698. The second kappa shape index (κ2) is 5.31. The molecule has 3 nitrogen and oxygen atoms in total. The predicted octanol–water partition coefficient (Wildman–Crippen LogP) is 4.02. The first kappa shape index (κ1) is 17.2. The fraction of sp³-hybridized carbons (Fsp3) is 0.826. The number of hydrogen-bond acceptors (Lipinski definition) is 3. The third-order valence-corrected chi connectivity index (χ3v) is 9.34. The molecule has 6 fully saturated rings. The van der Waals surface area contributed by atoms with Crippen LogP contribution in [0.4, 0.5) is 0 Å². The second-order valence-corrected chi connectivity index (χ2v) is 10.5. The summed E-state index contributed by atoms with van der Waals surface area (Å²) in [6.07, 6.45) is 8.43. The van der Waals surface area contributed by atoms with Crippen molar-refractivity contribution in [2.24, 2.45) is 34.0 Å². The van der Waals surface area contributed by atoms with E-state index in [4.69, 9.17) is 0 Å². The van der Waals surface area contributed by atoms with Crippen molar-refractivity contribution in [1.82, 2.24) is 4.90 Å². The van der Waals surface area contributed by atoms with Crippen LogP contribution < -0.4 is 0 Å². The minimum Gasteiger partial charge on any atom is -0.302 e. The van der Waals surface area contributed by atoms with Crippen LogP contribution in [0.1, 0.15) is 65.2 Å². The van der Waals surface area contributed by atoms with Gasteiger partial charge >= 0.3 is 0 Å². The number of carbonyl (C=O) groups is 2. The van der Waals surface area contributed by atoms with Gasteiger partial charge in [-0.3, -0.25) is 9.59 Å². The number of rotatable bonds is 2. The first-order valence-corrected chi connectivity index (χ1v) is 10.9. The van der Waals surface area contributed by atoms with Crippen LogP contribution in [0.3, 0.4) is 0 Å². The molecule has 1 heterocycles. The van der Waals surface area contributed by atoms with Gasteiger partial charge in [-0.1, -0.05) is 26.8 Å². The Labute approximate surface area is 157 Å². The molecule has 0 amide bonds. The maximum absolute atomic E-state index is 13.5. The van der Waals surface area contributed by atoms with Gasteiger partial charge in [0.2, 0.25) is 0 Å². The summed E-state index contributed by atoms with van der Waals surface area (Å²) in [5.74, 6) is 1.52. The lowest BCUT2D eigenvalue weighted by atomic mass is 9.35. The molecule has 5 saturated carbocycles. The normalized spacial score (nSPS) is 50.5. The summed E-state index contributed by atoms with van der Waals surface area (Å²) in [4.78, 5) is 29.5. The van der Waals surface area contributed by atoms with Crippen LogP contribution in [0.5, 0.6) is 0 Å². The monoisotopic (exact) mass is 355 g/mol. The molecule has 142 valence electrons. The summed E-state index contributed by atoms with van der Waals surface area (Å²) < 4.78 is 0. The van der Waals surface area contributed by atoms with E-state index >= 15 is 0 Å². The van der Waals surface area contributed by atoms with Crippen molar-refractivity contribution in [3.05, 3.63) is 12.2 Å². The van der Waals surface area contributed by atoms with Gasteiger partial charge in [0.15, 0.2) is 5.78 Å². The van der Waals surface area contributed by atoms with Crippen LogP contribution in [0.15, 0.2) is 12.2 Å². The minimum atomic E-state index is -0.699. The lowest BCUT2D eigenvalue weighted by molar-refractivity contribution is -0.211. The Hall–Kier alpha value is -0.960. The number of Topliss-reactive ketones (excluding diaryl/α,β-unsaturated/α-hetero) is 2. The number of ketones is 2. The number of carbonyl (C=O) groups excluding carboxylic acids is 2. The van der Waals surface area contributed by atoms with Gasteiger partial charge in [0.05, 0.1) is 5.41 Å². The van der Waals surface area contributed by atoms with Gasteiger partial charge in [0.1, 0.15) is 5.78 Å². The van der Waals surface area contributed by atoms with Gasteiger partial charge in [-0.15, -0.1) is 0 Å². The second-order valence-electron chi connectivity index (χ2n) is 10.5. The van der Waals surface area contributed by atoms with Gasteiger partial charge in [-0.2, -0.15) is 0 Å². The molecule has 1 aliphatic heterocycles. The first-order valence-electron chi connectivity index (χ1n) is 10.9. The summed E-state index contributed by atoms with van der Waals surface area (Å²) in [6, 6.07) is 0. The standard InChI is InChI=1S/C23H33NO2/c1-4-10-24-13-21(3)7-5-8-22(14-24)17(21)12-19(25)23-9-6-16(11-18(22)23)15(2)20(23)26/h16-18H,2,4-14H2,1,3H3/t16-,17?,18?,21-,22-,23+/m0/s1. The Morgan fingerprint density at radius 2 is 1.96 bits per heavy atom. The molecular weight excluding hydrogens is 322 g/mol. The van der Waals surface area contributed by atoms with Crippen molar-refractivity contribution in [2.45, 2.75) is 65.2 Å². The molecule has 5 aliphatic carbocycles. The fourth-order valence-electron chi connectivity index (χ4n) is 8.47. The molecule has 0 radical (unpaired) electrons. The number of likely N-dealkylation sites (tertiary alicyclic amines) is 1. The summed E-state index contributed by atoms with van der Waals surface area (Å²) in [5, 5.41) is 0. The number of allylic oxidation sites excluding steroid dienone is 1. The maximum Gasteiger partial charge on any atom is 0.172 e. The zero-order chi connectivity index (χ0) is 18.3. The number of hydrogen-bond donors (Lipinski definition) is 0. The average Bonchev–Trinajstić information content (AvgIpc) is 2.60. The quantitative estimate of drug-likeness (QED) is 0.555. The SMILES string of the molecule is C=C1C(=O)[C@]23CC[C@H]1CC2[C@@]12CCC[C@@](C)(CN(CCC)C1)C2CC3=O. The van der Waals surface area contributed by atoms with Crippen LogP contribution in [0, 0.1) is 34.0 Å². The summed E-state index contributed by atoms with van der Waals surface area (Å²) in [6.45, 7) is 12.3. The predicted molar refractivity (Wildman–Crippen MR) is 102 cm³/mol.